The van der Waals surface area contributed by atoms with Crippen LogP contribution in [0.5, 0.6) is 5.75 Å². The molecule has 0 heterocycles. The van der Waals surface area contributed by atoms with Gasteiger partial charge in [0.05, 0.1) is 7.11 Å². The van der Waals surface area contributed by atoms with Crippen LogP contribution in [0.2, 0.25) is 0 Å². The summed E-state index contributed by atoms with van der Waals surface area (Å²) in [5, 5.41) is 3.23. The maximum absolute atomic E-state index is 13.6. The lowest BCUT2D eigenvalue weighted by molar-refractivity contribution is 0.410. The highest BCUT2D eigenvalue weighted by molar-refractivity contribution is 6.17. The van der Waals surface area contributed by atoms with Crippen LogP contribution in [0.15, 0.2) is 18.2 Å². The van der Waals surface area contributed by atoms with Gasteiger partial charge in [-0.3, -0.25) is 0 Å². The molecule has 17 heavy (non-hydrogen) atoms. The molecule has 1 aromatic rings. The van der Waals surface area contributed by atoms with Crippen LogP contribution in [0.3, 0.4) is 0 Å². The smallest absolute Gasteiger partial charge is 0.131 e. The first kappa shape index (κ1) is 14.3. The monoisotopic (exact) mass is 259 g/mol. The summed E-state index contributed by atoms with van der Waals surface area (Å²) in [6, 6.07) is 4.91. The van der Waals surface area contributed by atoms with Crippen LogP contribution in [0.1, 0.15) is 18.9 Å². The molecular weight excluding hydrogens is 241 g/mol. The minimum atomic E-state index is -0.234. The van der Waals surface area contributed by atoms with Gasteiger partial charge in [0, 0.05) is 24.1 Å². The number of nitrogens with one attached hydrogen (secondary N) is 1. The summed E-state index contributed by atoms with van der Waals surface area (Å²) >= 11 is 5.65. The summed E-state index contributed by atoms with van der Waals surface area (Å²) < 4.78 is 18.5. The van der Waals surface area contributed by atoms with Crippen LogP contribution >= 0.6 is 11.6 Å². The molecule has 4 heteroatoms. The molecule has 1 atom stereocenters. The van der Waals surface area contributed by atoms with Crippen molar-refractivity contribution in [3.63, 3.8) is 0 Å². The molecule has 0 aliphatic heterocycles. The Morgan fingerprint density at radius 3 is 2.82 bits per heavy atom. The summed E-state index contributed by atoms with van der Waals surface area (Å²) in [5.74, 6) is 1.48. The molecule has 1 N–H and O–H groups in total. The lowest BCUT2D eigenvalue weighted by Crippen LogP contribution is -2.21. The number of hydrogen-bond donors (Lipinski definition) is 1. The van der Waals surface area contributed by atoms with Crippen LogP contribution in [0.4, 0.5) is 4.39 Å². The van der Waals surface area contributed by atoms with Crippen molar-refractivity contribution in [2.45, 2.75) is 19.9 Å². The fourth-order valence-electron chi connectivity index (χ4n) is 1.54. The van der Waals surface area contributed by atoms with Crippen molar-refractivity contribution in [2.24, 2.45) is 5.92 Å². The summed E-state index contributed by atoms with van der Waals surface area (Å²) in [4.78, 5) is 0. The van der Waals surface area contributed by atoms with Gasteiger partial charge in [0.25, 0.3) is 0 Å². The van der Waals surface area contributed by atoms with E-state index < -0.39 is 0 Å². The predicted octanol–water partition coefficient (Wildman–Crippen LogP) is 3.19. The molecule has 0 aliphatic carbocycles. The molecule has 0 saturated heterocycles. The van der Waals surface area contributed by atoms with Crippen molar-refractivity contribution in [2.75, 3.05) is 19.5 Å². The van der Waals surface area contributed by atoms with E-state index in [1.165, 1.54) is 13.2 Å². The second-order valence-corrected chi connectivity index (χ2v) is 4.55. The Kier molecular flexibility index (Phi) is 6.30. The second-order valence-electron chi connectivity index (χ2n) is 4.17. The third kappa shape index (κ3) is 4.92. The Hall–Kier alpha value is -0.800. The number of ether oxygens (including phenoxy) is 1. The summed E-state index contributed by atoms with van der Waals surface area (Å²) in [7, 11) is 1.53. The molecule has 1 rings (SSSR count). The Morgan fingerprint density at radius 2 is 2.24 bits per heavy atom. The van der Waals surface area contributed by atoms with E-state index in [1.54, 1.807) is 12.1 Å². The first-order chi connectivity index (χ1) is 8.17. The summed E-state index contributed by atoms with van der Waals surface area (Å²) in [6.45, 7) is 3.50. The molecule has 0 bridgehead atoms. The van der Waals surface area contributed by atoms with Crippen LogP contribution < -0.4 is 10.1 Å². The van der Waals surface area contributed by atoms with Gasteiger partial charge in [0.2, 0.25) is 0 Å². The Balaban J connectivity index is 2.41. The molecule has 0 spiro atoms. The average molecular weight is 260 g/mol. The van der Waals surface area contributed by atoms with E-state index in [-0.39, 0.29) is 5.82 Å². The third-order valence-electron chi connectivity index (χ3n) is 2.67. The maximum Gasteiger partial charge on any atom is 0.131 e. The molecule has 96 valence electrons. The topological polar surface area (TPSA) is 21.3 Å². The van der Waals surface area contributed by atoms with Crippen LogP contribution in [0, 0.1) is 11.7 Å². The van der Waals surface area contributed by atoms with Crippen molar-refractivity contribution >= 4 is 11.6 Å². The quantitative estimate of drug-likeness (QED) is 0.760. The number of rotatable bonds is 7. The molecule has 0 fully saturated rings. The Morgan fingerprint density at radius 1 is 1.47 bits per heavy atom. The van der Waals surface area contributed by atoms with Gasteiger partial charge in [0.15, 0.2) is 0 Å². The zero-order valence-corrected chi connectivity index (χ0v) is 11.1. The molecule has 0 aliphatic rings. The molecule has 1 unspecified atom stereocenters. The highest BCUT2D eigenvalue weighted by Gasteiger charge is 2.05. The van der Waals surface area contributed by atoms with Gasteiger partial charge >= 0.3 is 0 Å². The molecule has 0 amide bonds. The van der Waals surface area contributed by atoms with Gasteiger partial charge < -0.3 is 10.1 Å². The number of alkyl halides is 1. The fraction of sp³-hybridized carbons (Fsp3) is 0.538. The van der Waals surface area contributed by atoms with E-state index in [9.17, 15) is 4.39 Å². The van der Waals surface area contributed by atoms with Crippen LogP contribution in [0.25, 0.3) is 0 Å². The van der Waals surface area contributed by atoms with Gasteiger partial charge in [-0.2, -0.15) is 0 Å². The van der Waals surface area contributed by atoms with Crippen molar-refractivity contribution in [1.29, 1.82) is 0 Å². The largest absolute Gasteiger partial charge is 0.497 e. The van der Waals surface area contributed by atoms with E-state index in [4.69, 9.17) is 16.3 Å². The van der Waals surface area contributed by atoms with Gasteiger partial charge in [-0.05, 0) is 24.9 Å². The van der Waals surface area contributed by atoms with E-state index in [1.807, 2.05) is 0 Å². The zero-order chi connectivity index (χ0) is 12.7. The number of halogens is 2. The third-order valence-corrected chi connectivity index (χ3v) is 2.89. The van der Waals surface area contributed by atoms with Crippen molar-refractivity contribution in [1.82, 2.24) is 5.32 Å². The van der Waals surface area contributed by atoms with Crippen LogP contribution in [-0.4, -0.2) is 19.5 Å². The number of methoxy groups -OCH3 is 1. The highest BCUT2D eigenvalue weighted by atomic mass is 35.5. The normalized spacial score (nSPS) is 12.5. The van der Waals surface area contributed by atoms with Crippen molar-refractivity contribution < 1.29 is 9.13 Å². The van der Waals surface area contributed by atoms with E-state index in [0.717, 1.165) is 13.0 Å². The van der Waals surface area contributed by atoms with Gasteiger partial charge in [-0.1, -0.05) is 13.0 Å². The van der Waals surface area contributed by atoms with E-state index >= 15 is 0 Å². The Bertz CT molecular complexity index is 346. The zero-order valence-electron chi connectivity index (χ0n) is 10.3. The standard InChI is InChI=1S/C13H19ClFNO/c1-10(5-6-14)8-16-9-11-3-4-12(17-2)7-13(11)15/h3-4,7,10,16H,5-6,8-9H2,1-2H3. The SMILES string of the molecule is COc1ccc(CNCC(C)CCCl)c(F)c1. The number of benzene rings is 1. The van der Waals surface area contributed by atoms with Gasteiger partial charge in [0.1, 0.15) is 11.6 Å². The highest BCUT2D eigenvalue weighted by Crippen LogP contribution is 2.16. The number of hydrogen-bond acceptors (Lipinski definition) is 2. The minimum Gasteiger partial charge on any atom is -0.497 e. The molecule has 2 nitrogen and oxygen atoms in total. The average Bonchev–Trinajstić information content (AvgIpc) is 2.31. The lowest BCUT2D eigenvalue weighted by atomic mass is 10.1. The fourth-order valence-corrected chi connectivity index (χ4v) is 1.91. The van der Waals surface area contributed by atoms with Crippen LogP contribution in [-0.2, 0) is 6.54 Å². The van der Waals surface area contributed by atoms with Gasteiger partial charge in [-0.15, -0.1) is 11.6 Å². The molecule has 1 aromatic carbocycles. The predicted molar refractivity (Wildman–Crippen MR) is 69.2 cm³/mol. The minimum absolute atomic E-state index is 0.234. The first-order valence-electron chi connectivity index (χ1n) is 5.76. The molecule has 0 saturated carbocycles. The van der Waals surface area contributed by atoms with Gasteiger partial charge in [-0.25, -0.2) is 4.39 Å². The summed E-state index contributed by atoms with van der Waals surface area (Å²) in [6.07, 6.45) is 0.972. The molecule has 0 radical (unpaired) electrons. The lowest BCUT2D eigenvalue weighted by Gasteiger charge is -2.11. The van der Waals surface area contributed by atoms with E-state index in [2.05, 4.69) is 12.2 Å². The molecular formula is C13H19ClFNO. The summed E-state index contributed by atoms with van der Waals surface area (Å²) in [5.41, 5.74) is 0.656. The first-order valence-corrected chi connectivity index (χ1v) is 6.30. The van der Waals surface area contributed by atoms with E-state index in [0.29, 0.717) is 29.7 Å². The Labute approximate surface area is 107 Å². The van der Waals surface area contributed by atoms with Crippen molar-refractivity contribution in [3.8, 4) is 5.75 Å². The van der Waals surface area contributed by atoms with Crippen molar-refractivity contribution in [3.05, 3.63) is 29.6 Å². The second kappa shape index (κ2) is 7.51. The maximum atomic E-state index is 13.6. The molecule has 0 aromatic heterocycles.